The van der Waals surface area contributed by atoms with E-state index in [-0.39, 0.29) is 5.54 Å². The summed E-state index contributed by atoms with van der Waals surface area (Å²) in [6.07, 6.45) is 16.5. The minimum Gasteiger partial charge on any atom is -0.381 e. The third kappa shape index (κ3) is 3.39. The van der Waals surface area contributed by atoms with Crippen molar-refractivity contribution in [2.45, 2.75) is 82.6 Å². The molecule has 2 aliphatic carbocycles. The summed E-state index contributed by atoms with van der Waals surface area (Å²) in [5.41, 5.74) is 7.18. The Kier molecular flexibility index (Phi) is 5.04. The van der Waals surface area contributed by atoms with Gasteiger partial charge in [-0.1, -0.05) is 44.9 Å². The summed E-state index contributed by atoms with van der Waals surface area (Å²) in [6.45, 7) is 1.93. The van der Waals surface area contributed by atoms with Crippen LogP contribution in [0.25, 0.3) is 0 Å². The zero-order valence-electron chi connectivity index (χ0n) is 13.1. The molecule has 1 heterocycles. The minimum atomic E-state index is 0.155. The third-order valence-electron chi connectivity index (χ3n) is 6.37. The Morgan fingerprint density at radius 3 is 2.30 bits per heavy atom. The van der Waals surface area contributed by atoms with Crippen molar-refractivity contribution in [3.05, 3.63) is 0 Å². The smallest absolute Gasteiger partial charge is 0.0468 e. The Morgan fingerprint density at radius 2 is 1.55 bits per heavy atom. The fourth-order valence-electron chi connectivity index (χ4n) is 5.27. The molecule has 116 valence electrons. The summed E-state index contributed by atoms with van der Waals surface area (Å²) in [4.78, 5) is 0. The largest absolute Gasteiger partial charge is 0.381 e. The lowest BCUT2D eigenvalue weighted by Crippen LogP contribution is -2.53. The molecule has 3 aliphatic rings. The van der Waals surface area contributed by atoms with Crippen molar-refractivity contribution >= 4 is 0 Å². The molecule has 2 heteroatoms. The summed E-state index contributed by atoms with van der Waals surface area (Å²) < 4.78 is 5.52. The lowest BCUT2D eigenvalue weighted by Gasteiger charge is -2.48. The molecule has 3 fully saturated rings. The van der Waals surface area contributed by atoms with Crippen LogP contribution in [0.4, 0.5) is 0 Å². The fourth-order valence-corrected chi connectivity index (χ4v) is 5.27. The Labute approximate surface area is 124 Å². The lowest BCUT2D eigenvalue weighted by molar-refractivity contribution is 0.0301. The first kappa shape index (κ1) is 14.8. The summed E-state index contributed by atoms with van der Waals surface area (Å²) >= 11 is 0. The Bertz CT molecular complexity index is 294. The van der Waals surface area contributed by atoms with Gasteiger partial charge in [-0.2, -0.15) is 0 Å². The van der Waals surface area contributed by atoms with Crippen LogP contribution in [0.3, 0.4) is 0 Å². The van der Waals surface area contributed by atoms with Crippen LogP contribution in [0.1, 0.15) is 77.0 Å². The molecule has 0 spiro atoms. The summed E-state index contributed by atoms with van der Waals surface area (Å²) in [5.74, 6) is 2.59. The molecule has 20 heavy (non-hydrogen) atoms. The molecule has 0 bridgehead atoms. The van der Waals surface area contributed by atoms with Crippen molar-refractivity contribution < 1.29 is 4.74 Å². The van der Waals surface area contributed by atoms with Gasteiger partial charge in [-0.25, -0.2) is 0 Å². The van der Waals surface area contributed by atoms with Crippen LogP contribution in [-0.4, -0.2) is 18.8 Å². The van der Waals surface area contributed by atoms with Gasteiger partial charge < -0.3 is 10.5 Å². The maximum Gasteiger partial charge on any atom is 0.0468 e. The van der Waals surface area contributed by atoms with Crippen molar-refractivity contribution in [1.82, 2.24) is 0 Å². The zero-order valence-corrected chi connectivity index (χ0v) is 13.1. The molecular formula is C18H33NO. The van der Waals surface area contributed by atoms with E-state index in [2.05, 4.69) is 0 Å². The monoisotopic (exact) mass is 279 g/mol. The molecule has 0 amide bonds. The standard InChI is InChI=1S/C18H33NO/c19-18(14-15-9-12-20-13-10-15)11-5-4-8-17(18)16-6-2-1-3-7-16/h15-17H,1-14,19H2. The molecule has 2 atom stereocenters. The van der Waals surface area contributed by atoms with Crippen LogP contribution in [0.2, 0.25) is 0 Å². The molecular weight excluding hydrogens is 246 g/mol. The summed E-state index contributed by atoms with van der Waals surface area (Å²) in [5, 5.41) is 0. The average molecular weight is 279 g/mol. The van der Waals surface area contributed by atoms with Gasteiger partial charge in [-0.05, 0) is 49.9 Å². The van der Waals surface area contributed by atoms with Crippen molar-refractivity contribution in [1.29, 1.82) is 0 Å². The van der Waals surface area contributed by atoms with Gasteiger partial charge in [0.15, 0.2) is 0 Å². The summed E-state index contributed by atoms with van der Waals surface area (Å²) in [7, 11) is 0. The molecule has 2 saturated carbocycles. The van der Waals surface area contributed by atoms with E-state index in [1.807, 2.05) is 0 Å². The van der Waals surface area contributed by atoms with Gasteiger partial charge in [0, 0.05) is 18.8 Å². The maximum atomic E-state index is 7.02. The van der Waals surface area contributed by atoms with Gasteiger partial charge in [-0.3, -0.25) is 0 Å². The highest BCUT2D eigenvalue weighted by molar-refractivity contribution is 4.99. The van der Waals surface area contributed by atoms with Crippen LogP contribution >= 0.6 is 0 Å². The molecule has 0 aromatic heterocycles. The first-order chi connectivity index (χ1) is 9.78. The van der Waals surface area contributed by atoms with Gasteiger partial charge in [0.25, 0.3) is 0 Å². The van der Waals surface area contributed by atoms with E-state index >= 15 is 0 Å². The number of hydrogen-bond donors (Lipinski definition) is 1. The van der Waals surface area contributed by atoms with Crippen molar-refractivity contribution in [2.24, 2.45) is 23.5 Å². The molecule has 2 N–H and O–H groups in total. The summed E-state index contributed by atoms with van der Waals surface area (Å²) in [6, 6.07) is 0. The van der Waals surface area contributed by atoms with E-state index in [0.717, 1.165) is 31.0 Å². The minimum absolute atomic E-state index is 0.155. The van der Waals surface area contributed by atoms with Crippen LogP contribution in [0, 0.1) is 17.8 Å². The van der Waals surface area contributed by atoms with Gasteiger partial charge in [-0.15, -0.1) is 0 Å². The van der Waals surface area contributed by atoms with Gasteiger partial charge in [0.2, 0.25) is 0 Å². The van der Waals surface area contributed by atoms with E-state index < -0.39 is 0 Å². The zero-order chi connectivity index (χ0) is 13.8. The van der Waals surface area contributed by atoms with Gasteiger partial charge in [0.05, 0.1) is 0 Å². The molecule has 0 aromatic carbocycles. The van der Waals surface area contributed by atoms with Gasteiger partial charge >= 0.3 is 0 Å². The van der Waals surface area contributed by atoms with Crippen LogP contribution < -0.4 is 5.73 Å². The fraction of sp³-hybridized carbons (Fsp3) is 1.00. The number of hydrogen-bond acceptors (Lipinski definition) is 2. The predicted molar refractivity (Wildman–Crippen MR) is 83.6 cm³/mol. The quantitative estimate of drug-likeness (QED) is 0.837. The molecule has 2 unspecified atom stereocenters. The second-order valence-electron chi connectivity index (χ2n) is 7.74. The Balaban J connectivity index is 1.65. The second kappa shape index (κ2) is 6.79. The van der Waals surface area contributed by atoms with Crippen LogP contribution in [0.5, 0.6) is 0 Å². The van der Waals surface area contributed by atoms with E-state index in [1.54, 1.807) is 0 Å². The lowest BCUT2D eigenvalue weighted by atomic mass is 9.61. The van der Waals surface area contributed by atoms with E-state index in [9.17, 15) is 0 Å². The second-order valence-corrected chi connectivity index (χ2v) is 7.74. The Hall–Kier alpha value is -0.0800. The normalized spacial score (nSPS) is 38.0. The van der Waals surface area contributed by atoms with Crippen molar-refractivity contribution in [2.75, 3.05) is 13.2 Å². The molecule has 2 nitrogen and oxygen atoms in total. The van der Waals surface area contributed by atoms with E-state index in [0.29, 0.717) is 0 Å². The predicted octanol–water partition coefficient (Wildman–Crippen LogP) is 4.27. The number of rotatable bonds is 3. The van der Waals surface area contributed by atoms with Crippen molar-refractivity contribution in [3.8, 4) is 0 Å². The average Bonchev–Trinajstić information content (AvgIpc) is 2.49. The van der Waals surface area contributed by atoms with Crippen LogP contribution in [-0.2, 0) is 4.74 Å². The SMILES string of the molecule is NC1(CC2CCOCC2)CCCCC1C1CCCCC1. The molecule has 0 radical (unpaired) electrons. The number of ether oxygens (including phenoxy) is 1. The molecule has 3 rings (SSSR count). The highest BCUT2D eigenvalue weighted by Crippen LogP contribution is 2.46. The van der Waals surface area contributed by atoms with Crippen molar-refractivity contribution in [3.63, 3.8) is 0 Å². The topological polar surface area (TPSA) is 35.2 Å². The first-order valence-corrected chi connectivity index (χ1v) is 9.14. The highest BCUT2D eigenvalue weighted by atomic mass is 16.5. The number of nitrogens with two attached hydrogens (primary N) is 1. The van der Waals surface area contributed by atoms with Gasteiger partial charge in [0.1, 0.15) is 0 Å². The Morgan fingerprint density at radius 1 is 0.850 bits per heavy atom. The van der Waals surface area contributed by atoms with E-state index in [4.69, 9.17) is 10.5 Å². The molecule has 1 aliphatic heterocycles. The van der Waals surface area contributed by atoms with Crippen LogP contribution in [0.15, 0.2) is 0 Å². The maximum absolute atomic E-state index is 7.02. The first-order valence-electron chi connectivity index (χ1n) is 9.14. The van der Waals surface area contributed by atoms with E-state index in [1.165, 1.54) is 77.0 Å². The third-order valence-corrected chi connectivity index (χ3v) is 6.37. The highest BCUT2D eigenvalue weighted by Gasteiger charge is 2.42. The molecule has 1 saturated heterocycles. The molecule has 0 aromatic rings.